The van der Waals surface area contributed by atoms with Crippen LogP contribution in [0.4, 0.5) is 0 Å². The van der Waals surface area contributed by atoms with Crippen LogP contribution >= 0.6 is 0 Å². The van der Waals surface area contributed by atoms with Crippen molar-refractivity contribution in [3.63, 3.8) is 0 Å². The van der Waals surface area contributed by atoms with Gasteiger partial charge >= 0.3 is 0 Å². The molecule has 26 heavy (non-hydrogen) atoms. The Hall–Kier alpha value is -3.07. The van der Waals surface area contributed by atoms with Crippen molar-refractivity contribution in [1.29, 1.82) is 0 Å². The first-order valence-electron chi connectivity index (χ1n) is 8.84. The summed E-state index contributed by atoms with van der Waals surface area (Å²) in [5.41, 5.74) is 6.78. The number of nitrogens with zero attached hydrogens (tertiary/aromatic N) is 2. The molecule has 0 saturated carbocycles. The van der Waals surface area contributed by atoms with Crippen LogP contribution in [0.25, 0.3) is 22.0 Å². The summed E-state index contributed by atoms with van der Waals surface area (Å²) >= 11 is 0. The van der Waals surface area contributed by atoms with Gasteiger partial charge in [0.25, 0.3) is 5.56 Å². The number of benzene rings is 2. The topological polar surface area (TPSA) is 26.9 Å². The second-order valence-corrected chi connectivity index (χ2v) is 6.98. The average molecular weight is 342 g/mol. The second kappa shape index (κ2) is 6.34. The van der Waals surface area contributed by atoms with Gasteiger partial charge in [0.15, 0.2) is 0 Å². The van der Waals surface area contributed by atoms with Crippen LogP contribution in [0.2, 0.25) is 0 Å². The molecule has 3 nitrogen and oxygen atoms in total. The lowest BCUT2D eigenvalue weighted by Crippen LogP contribution is -2.18. The van der Waals surface area contributed by atoms with Gasteiger partial charge in [0.05, 0.1) is 0 Å². The van der Waals surface area contributed by atoms with E-state index >= 15 is 0 Å². The minimum Gasteiger partial charge on any atom is -0.343 e. The molecule has 0 unspecified atom stereocenters. The Bertz CT molecular complexity index is 1120. The van der Waals surface area contributed by atoms with Gasteiger partial charge in [0.1, 0.15) is 0 Å². The molecule has 3 heteroatoms. The van der Waals surface area contributed by atoms with Crippen LogP contribution in [0.3, 0.4) is 0 Å². The highest BCUT2D eigenvalue weighted by atomic mass is 16.1. The van der Waals surface area contributed by atoms with E-state index in [1.54, 1.807) is 4.57 Å². The highest BCUT2D eigenvalue weighted by molar-refractivity contribution is 5.88. The fourth-order valence-corrected chi connectivity index (χ4v) is 3.60. The Kier molecular flexibility index (Phi) is 4.00. The summed E-state index contributed by atoms with van der Waals surface area (Å²) in [6.07, 6.45) is 4.07. The quantitative estimate of drug-likeness (QED) is 0.531. The van der Waals surface area contributed by atoms with Gasteiger partial charge < -0.3 is 9.13 Å². The summed E-state index contributed by atoms with van der Waals surface area (Å²) in [5.74, 6) is 0. The molecule has 0 saturated heterocycles. The summed E-state index contributed by atoms with van der Waals surface area (Å²) in [7, 11) is 1.81. The molecule has 0 bridgehead atoms. The molecule has 130 valence electrons. The first-order valence-corrected chi connectivity index (χ1v) is 8.84. The number of hydrogen-bond donors (Lipinski definition) is 0. The van der Waals surface area contributed by atoms with Crippen molar-refractivity contribution in [3.8, 4) is 11.1 Å². The number of rotatable bonds is 3. The van der Waals surface area contributed by atoms with Crippen molar-refractivity contribution < 1.29 is 0 Å². The molecular formula is C23H22N2O. The van der Waals surface area contributed by atoms with E-state index in [0.717, 1.165) is 23.2 Å². The third-order valence-electron chi connectivity index (χ3n) is 4.99. The largest absolute Gasteiger partial charge is 0.343 e. The summed E-state index contributed by atoms with van der Waals surface area (Å²) in [6, 6.07) is 19.1. The van der Waals surface area contributed by atoms with E-state index in [9.17, 15) is 4.79 Å². The maximum atomic E-state index is 12.0. The Morgan fingerprint density at radius 1 is 0.885 bits per heavy atom. The number of fused-ring (bicyclic) bond motifs is 1. The Labute approximate surface area is 153 Å². The van der Waals surface area contributed by atoms with Crippen molar-refractivity contribution in [3.05, 3.63) is 94.0 Å². The van der Waals surface area contributed by atoms with Crippen LogP contribution in [0.15, 0.2) is 71.8 Å². The molecule has 0 aliphatic rings. The summed E-state index contributed by atoms with van der Waals surface area (Å²) in [4.78, 5) is 12.0. The number of pyridine rings is 1. The zero-order chi connectivity index (χ0) is 18.3. The van der Waals surface area contributed by atoms with Gasteiger partial charge in [-0.2, -0.15) is 0 Å². The molecule has 0 spiro atoms. The minimum absolute atomic E-state index is 0.0546. The molecule has 0 N–H and O–H groups in total. The molecule has 2 aromatic heterocycles. The van der Waals surface area contributed by atoms with Crippen LogP contribution in [0.1, 0.15) is 16.7 Å². The van der Waals surface area contributed by atoms with Crippen molar-refractivity contribution in [2.45, 2.75) is 20.4 Å². The fraction of sp³-hybridized carbons (Fsp3) is 0.174. The zero-order valence-corrected chi connectivity index (χ0v) is 15.4. The van der Waals surface area contributed by atoms with E-state index in [1.165, 1.54) is 22.0 Å². The Balaban J connectivity index is 1.85. The van der Waals surface area contributed by atoms with Gasteiger partial charge in [-0.1, -0.05) is 36.4 Å². The zero-order valence-electron chi connectivity index (χ0n) is 15.4. The number of aryl methyl sites for hydroxylation is 3. The molecule has 0 radical (unpaired) electrons. The lowest BCUT2D eigenvalue weighted by Gasteiger charge is -2.11. The molecular weight excluding hydrogens is 320 g/mol. The highest BCUT2D eigenvalue weighted by Gasteiger charge is 2.09. The van der Waals surface area contributed by atoms with E-state index in [-0.39, 0.29) is 5.56 Å². The smallest absolute Gasteiger partial charge is 0.253 e. The van der Waals surface area contributed by atoms with E-state index in [2.05, 4.69) is 60.2 Å². The van der Waals surface area contributed by atoms with Crippen molar-refractivity contribution in [1.82, 2.24) is 9.13 Å². The monoisotopic (exact) mass is 342 g/mol. The maximum Gasteiger partial charge on any atom is 0.253 e. The molecule has 0 atom stereocenters. The van der Waals surface area contributed by atoms with Gasteiger partial charge in [0, 0.05) is 42.5 Å². The molecule has 0 amide bonds. The van der Waals surface area contributed by atoms with Gasteiger partial charge in [-0.05, 0) is 54.3 Å². The predicted molar refractivity (Wildman–Crippen MR) is 108 cm³/mol. The molecule has 2 heterocycles. The van der Waals surface area contributed by atoms with Crippen molar-refractivity contribution in [2.24, 2.45) is 7.05 Å². The predicted octanol–water partition coefficient (Wildman–Crippen LogP) is 4.67. The standard InChI is InChI=1S/C23H22N2O/c1-16-11-19(20-12-17(2)23(26)24(3)15-20)13-22-21(16)9-10-25(22)14-18-7-5-4-6-8-18/h4-13,15H,14H2,1-3H3. The summed E-state index contributed by atoms with van der Waals surface area (Å²) in [6.45, 7) is 4.86. The summed E-state index contributed by atoms with van der Waals surface area (Å²) in [5, 5.41) is 1.27. The fourth-order valence-electron chi connectivity index (χ4n) is 3.60. The van der Waals surface area contributed by atoms with Gasteiger partial charge in [-0.3, -0.25) is 4.79 Å². The molecule has 4 aromatic rings. The van der Waals surface area contributed by atoms with Crippen LogP contribution in [0, 0.1) is 13.8 Å². The molecule has 4 rings (SSSR count). The number of aromatic nitrogens is 2. The van der Waals surface area contributed by atoms with Crippen LogP contribution < -0.4 is 5.56 Å². The summed E-state index contributed by atoms with van der Waals surface area (Å²) < 4.78 is 3.95. The van der Waals surface area contributed by atoms with E-state index in [4.69, 9.17) is 0 Å². The van der Waals surface area contributed by atoms with Crippen LogP contribution in [-0.4, -0.2) is 9.13 Å². The van der Waals surface area contributed by atoms with Crippen molar-refractivity contribution in [2.75, 3.05) is 0 Å². The third kappa shape index (κ3) is 2.86. The second-order valence-electron chi connectivity index (χ2n) is 6.98. The first kappa shape index (κ1) is 16.4. The first-order chi connectivity index (χ1) is 12.5. The van der Waals surface area contributed by atoms with Crippen LogP contribution in [-0.2, 0) is 13.6 Å². The lowest BCUT2D eigenvalue weighted by molar-refractivity contribution is 0.836. The molecule has 0 fully saturated rings. The maximum absolute atomic E-state index is 12.0. The van der Waals surface area contributed by atoms with E-state index < -0.39 is 0 Å². The highest BCUT2D eigenvalue weighted by Crippen LogP contribution is 2.28. The van der Waals surface area contributed by atoms with Gasteiger partial charge in [-0.15, -0.1) is 0 Å². The average Bonchev–Trinajstić information content (AvgIpc) is 3.03. The molecule has 2 aromatic carbocycles. The SMILES string of the molecule is Cc1cc(-c2cc(C)c3ccn(Cc4ccccc4)c3c2)cn(C)c1=O. The molecule has 0 aliphatic heterocycles. The van der Waals surface area contributed by atoms with Gasteiger partial charge in [0.2, 0.25) is 0 Å². The number of hydrogen-bond acceptors (Lipinski definition) is 1. The van der Waals surface area contributed by atoms with E-state index in [1.807, 2.05) is 32.3 Å². The van der Waals surface area contributed by atoms with Gasteiger partial charge in [-0.25, -0.2) is 0 Å². The van der Waals surface area contributed by atoms with Crippen LogP contribution in [0.5, 0.6) is 0 Å². The minimum atomic E-state index is 0.0546. The Morgan fingerprint density at radius 2 is 1.62 bits per heavy atom. The normalized spacial score (nSPS) is 11.2. The molecule has 0 aliphatic carbocycles. The lowest BCUT2D eigenvalue weighted by atomic mass is 10.0. The third-order valence-corrected chi connectivity index (χ3v) is 4.99. The van der Waals surface area contributed by atoms with E-state index in [0.29, 0.717) is 0 Å². The Morgan fingerprint density at radius 3 is 2.35 bits per heavy atom. The van der Waals surface area contributed by atoms with Crippen molar-refractivity contribution >= 4 is 10.9 Å².